The maximum Gasteiger partial charge on any atom is 0.327 e. The first-order chi connectivity index (χ1) is 4.72. The van der Waals surface area contributed by atoms with Crippen LogP contribution in [0, 0.1) is 0 Å². The van der Waals surface area contributed by atoms with Gasteiger partial charge in [0, 0.05) is 0 Å². The van der Waals surface area contributed by atoms with Crippen molar-refractivity contribution in [2.45, 2.75) is 6.92 Å². The highest BCUT2D eigenvalue weighted by atomic mass is 16.6. The minimum atomic E-state index is -0.446. The highest BCUT2D eigenvalue weighted by molar-refractivity contribution is 5.90. The number of carbonyl (C=O) groups is 2. The van der Waals surface area contributed by atoms with Gasteiger partial charge in [-0.3, -0.25) is 14.5 Å². The molecule has 0 aromatic carbocycles. The molecule has 1 fully saturated rings. The number of morpholine rings is 1. The normalized spacial score (nSPS) is 20.9. The summed E-state index contributed by atoms with van der Waals surface area (Å²) in [5.41, 5.74) is 0. The number of carbonyl (C=O) groups excluding carboxylic acids is 2. The van der Waals surface area contributed by atoms with Crippen LogP contribution in [0.2, 0.25) is 0 Å². The van der Waals surface area contributed by atoms with Gasteiger partial charge in [-0.2, -0.15) is 0 Å². The Labute approximate surface area is 58.8 Å². The first-order valence-electron chi connectivity index (χ1n) is 3.18. The maximum absolute atomic E-state index is 10.6. The van der Waals surface area contributed by atoms with Crippen molar-refractivity contribution < 1.29 is 14.3 Å². The van der Waals surface area contributed by atoms with Gasteiger partial charge in [-0.25, -0.2) is 0 Å². The highest BCUT2D eigenvalue weighted by Crippen LogP contribution is 1.97. The van der Waals surface area contributed by atoms with Crippen molar-refractivity contribution in [3.63, 3.8) is 0 Å². The molecule has 0 unspecified atom stereocenters. The van der Waals surface area contributed by atoms with Crippen LogP contribution in [0.4, 0.5) is 0 Å². The van der Waals surface area contributed by atoms with Crippen LogP contribution in [0.15, 0.2) is 0 Å². The predicted octanol–water partition coefficient (Wildman–Crippen LogP) is -0.608. The first-order valence-corrected chi connectivity index (χ1v) is 3.18. The van der Waals surface area contributed by atoms with Crippen molar-refractivity contribution in [1.29, 1.82) is 0 Å². The van der Waals surface area contributed by atoms with E-state index in [1.54, 1.807) is 4.90 Å². The fourth-order valence-electron chi connectivity index (χ4n) is 0.836. The molecule has 1 saturated heterocycles. The minimum Gasteiger partial charge on any atom is -0.391 e. The summed E-state index contributed by atoms with van der Waals surface area (Å²) in [6, 6.07) is 0. The van der Waals surface area contributed by atoms with Gasteiger partial charge in [-0.15, -0.1) is 0 Å². The van der Waals surface area contributed by atoms with Gasteiger partial charge in [0.1, 0.15) is 0 Å². The summed E-state index contributed by atoms with van der Waals surface area (Å²) < 4.78 is 4.30. The second-order valence-corrected chi connectivity index (χ2v) is 2.15. The van der Waals surface area contributed by atoms with Gasteiger partial charge in [0.2, 0.25) is 0 Å². The quantitative estimate of drug-likeness (QED) is 0.363. The smallest absolute Gasteiger partial charge is 0.327 e. The molecule has 0 aromatic rings. The van der Waals surface area contributed by atoms with E-state index in [4.69, 9.17) is 0 Å². The largest absolute Gasteiger partial charge is 0.391 e. The minimum absolute atomic E-state index is 0.238. The summed E-state index contributed by atoms with van der Waals surface area (Å²) in [5, 5.41) is 0. The highest BCUT2D eigenvalue weighted by Gasteiger charge is 2.22. The number of hydrogen-bond acceptors (Lipinski definition) is 4. The zero-order chi connectivity index (χ0) is 7.56. The fourth-order valence-corrected chi connectivity index (χ4v) is 0.836. The molecule has 0 N–H and O–H groups in total. The Balaban J connectivity index is 2.50. The van der Waals surface area contributed by atoms with Crippen molar-refractivity contribution in [3.05, 3.63) is 0 Å². The molecule has 10 heavy (non-hydrogen) atoms. The maximum atomic E-state index is 10.6. The second kappa shape index (κ2) is 2.79. The molecule has 56 valence electrons. The van der Waals surface area contributed by atoms with Crippen molar-refractivity contribution in [1.82, 2.24) is 4.90 Å². The molecule has 0 spiro atoms. The lowest BCUT2D eigenvalue weighted by molar-refractivity contribution is -0.166. The Morgan fingerprint density at radius 1 is 1.40 bits per heavy atom. The monoisotopic (exact) mass is 143 g/mol. The van der Waals surface area contributed by atoms with Crippen molar-refractivity contribution in [2.75, 3.05) is 19.6 Å². The Morgan fingerprint density at radius 3 is 2.30 bits per heavy atom. The topological polar surface area (TPSA) is 46.6 Å². The van der Waals surface area contributed by atoms with E-state index in [0.717, 1.165) is 0 Å². The SMILES string of the molecule is CCN1CC(=O)OC(=O)C1. The molecule has 0 radical (unpaired) electrons. The van der Waals surface area contributed by atoms with Gasteiger partial charge < -0.3 is 4.74 Å². The number of cyclic esters (lactones) is 2. The van der Waals surface area contributed by atoms with Crippen molar-refractivity contribution >= 4 is 11.9 Å². The van der Waals surface area contributed by atoms with Gasteiger partial charge in [0.25, 0.3) is 0 Å². The molecule has 4 nitrogen and oxygen atoms in total. The van der Waals surface area contributed by atoms with E-state index >= 15 is 0 Å². The molecule has 1 heterocycles. The zero-order valence-electron chi connectivity index (χ0n) is 5.79. The van der Waals surface area contributed by atoms with E-state index in [0.29, 0.717) is 6.54 Å². The number of rotatable bonds is 1. The van der Waals surface area contributed by atoms with Crippen LogP contribution in [0.25, 0.3) is 0 Å². The summed E-state index contributed by atoms with van der Waals surface area (Å²) in [7, 11) is 0. The Bertz CT molecular complexity index is 150. The van der Waals surface area contributed by atoms with Crippen LogP contribution in [0.3, 0.4) is 0 Å². The average Bonchev–Trinajstić information content (AvgIpc) is 1.85. The van der Waals surface area contributed by atoms with E-state index in [1.165, 1.54) is 0 Å². The standard InChI is InChI=1S/C6H9NO3/c1-2-7-3-5(8)10-6(9)4-7/h2-4H2,1H3. The van der Waals surface area contributed by atoms with E-state index in [-0.39, 0.29) is 13.1 Å². The Morgan fingerprint density at radius 2 is 1.90 bits per heavy atom. The number of ether oxygens (including phenoxy) is 1. The van der Waals surface area contributed by atoms with Gasteiger partial charge in [0.15, 0.2) is 0 Å². The molecular formula is C6H9NO3. The van der Waals surface area contributed by atoms with Crippen LogP contribution in [0.5, 0.6) is 0 Å². The molecule has 4 heteroatoms. The lowest BCUT2D eigenvalue weighted by atomic mass is 10.4. The third kappa shape index (κ3) is 1.54. The van der Waals surface area contributed by atoms with E-state index in [2.05, 4.69) is 4.74 Å². The Kier molecular flexibility index (Phi) is 2.01. The van der Waals surface area contributed by atoms with Crippen LogP contribution < -0.4 is 0 Å². The molecule has 0 aromatic heterocycles. The number of hydrogen-bond donors (Lipinski definition) is 0. The third-order valence-electron chi connectivity index (χ3n) is 1.38. The molecule has 0 bridgehead atoms. The summed E-state index contributed by atoms with van der Waals surface area (Å²) >= 11 is 0. The summed E-state index contributed by atoms with van der Waals surface area (Å²) in [5.74, 6) is -0.892. The van der Waals surface area contributed by atoms with Crippen LogP contribution in [0.1, 0.15) is 6.92 Å². The summed E-state index contributed by atoms with van der Waals surface area (Å²) in [6.45, 7) is 3.08. The molecule has 1 aliphatic heterocycles. The molecule has 1 aliphatic rings. The number of esters is 2. The molecule has 1 rings (SSSR count). The van der Waals surface area contributed by atoms with Gasteiger partial charge in [0.05, 0.1) is 13.1 Å². The predicted molar refractivity (Wildman–Crippen MR) is 33.2 cm³/mol. The van der Waals surface area contributed by atoms with E-state index in [1.807, 2.05) is 6.92 Å². The van der Waals surface area contributed by atoms with E-state index < -0.39 is 11.9 Å². The molecule has 0 atom stereocenters. The van der Waals surface area contributed by atoms with E-state index in [9.17, 15) is 9.59 Å². The third-order valence-corrected chi connectivity index (χ3v) is 1.38. The number of likely N-dealkylation sites (N-methyl/N-ethyl adjacent to an activating group) is 1. The molecule has 0 aliphatic carbocycles. The lowest BCUT2D eigenvalue weighted by Crippen LogP contribution is -2.42. The van der Waals surface area contributed by atoms with Crippen molar-refractivity contribution in [3.8, 4) is 0 Å². The second-order valence-electron chi connectivity index (χ2n) is 2.15. The lowest BCUT2D eigenvalue weighted by Gasteiger charge is -2.21. The summed E-state index contributed by atoms with van der Waals surface area (Å²) in [6.07, 6.45) is 0. The molecule has 0 amide bonds. The van der Waals surface area contributed by atoms with Gasteiger partial charge in [-0.05, 0) is 6.54 Å². The van der Waals surface area contributed by atoms with Crippen LogP contribution >= 0.6 is 0 Å². The van der Waals surface area contributed by atoms with Gasteiger partial charge >= 0.3 is 11.9 Å². The van der Waals surface area contributed by atoms with Crippen molar-refractivity contribution in [2.24, 2.45) is 0 Å². The molecular weight excluding hydrogens is 134 g/mol. The molecule has 0 saturated carbocycles. The summed E-state index contributed by atoms with van der Waals surface area (Å²) in [4.78, 5) is 22.8. The first kappa shape index (κ1) is 7.21. The van der Waals surface area contributed by atoms with Gasteiger partial charge in [-0.1, -0.05) is 6.92 Å². The Hall–Kier alpha value is -0.900. The van der Waals surface area contributed by atoms with Crippen LogP contribution in [-0.4, -0.2) is 36.5 Å². The average molecular weight is 143 g/mol. The number of nitrogens with zero attached hydrogens (tertiary/aromatic N) is 1. The van der Waals surface area contributed by atoms with Crippen LogP contribution in [-0.2, 0) is 14.3 Å². The zero-order valence-corrected chi connectivity index (χ0v) is 5.79. The fraction of sp³-hybridized carbons (Fsp3) is 0.667.